The Morgan fingerprint density at radius 2 is 1.49 bits per heavy atom. The molecule has 2 aromatic rings. The van der Waals surface area contributed by atoms with E-state index >= 15 is 0 Å². The van der Waals surface area contributed by atoms with Gasteiger partial charge in [-0.3, -0.25) is 10.1 Å². The molecule has 2 amide bonds. The van der Waals surface area contributed by atoms with E-state index in [-0.39, 0.29) is 17.9 Å². The minimum Gasteiger partial charge on any atom is -0.444 e. The SMILES string of the molecule is CC(C)S(=O)(=O)N[C@H]1CCC[C@H]1c1ccc(NC(=O)c2ccc(NC(=O)OC(C)(C)C)cc2)cc1. The number of sulfonamides is 1. The van der Waals surface area contributed by atoms with E-state index in [1.807, 2.05) is 24.3 Å². The Kier molecular flexibility index (Phi) is 8.22. The number of hydrogen-bond donors (Lipinski definition) is 3. The average Bonchev–Trinajstić information content (AvgIpc) is 3.20. The lowest BCUT2D eigenvalue weighted by Gasteiger charge is -2.23. The normalized spacial score (nSPS) is 18.3. The molecule has 3 rings (SSSR count). The monoisotopic (exact) mass is 501 g/mol. The quantitative estimate of drug-likeness (QED) is 0.480. The number of hydrogen-bond acceptors (Lipinski definition) is 5. The summed E-state index contributed by atoms with van der Waals surface area (Å²) < 4.78 is 32.7. The van der Waals surface area contributed by atoms with E-state index in [1.54, 1.807) is 58.9 Å². The molecule has 35 heavy (non-hydrogen) atoms. The molecule has 0 aromatic heterocycles. The van der Waals surface area contributed by atoms with E-state index in [0.29, 0.717) is 16.9 Å². The van der Waals surface area contributed by atoms with E-state index in [1.165, 1.54) is 0 Å². The molecule has 1 aliphatic carbocycles. The number of rotatable bonds is 7. The summed E-state index contributed by atoms with van der Waals surface area (Å²) in [6.45, 7) is 8.70. The summed E-state index contributed by atoms with van der Waals surface area (Å²) >= 11 is 0. The number of carbonyl (C=O) groups excluding carboxylic acids is 2. The highest BCUT2D eigenvalue weighted by atomic mass is 32.2. The van der Waals surface area contributed by atoms with Gasteiger partial charge in [-0.25, -0.2) is 17.9 Å². The smallest absolute Gasteiger partial charge is 0.412 e. The van der Waals surface area contributed by atoms with Gasteiger partial charge in [0.2, 0.25) is 10.0 Å². The first-order chi connectivity index (χ1) is 16.3. The summed E-state index contributed by atoms with van der Waals surface area (Å²) in [5.74, 6) is -0.164. The van der Waals surface area contributed by atoms with E-state index in [0.717, 1.165) is 24.8 Å². The molecule has 0 radical (unpaired) electrons. The van der Waals surface area contributed by atoms with Crippen LogP contribution in [0.3, 0.4) is 0 Å². The van der Waals surface area contributed by atoms with Crippen LogP contribution >= 0.6 is 0 Å². The Balaban J connectivity index is 1.59. The fraction of sp³-hybridized carbons (Fsp3) is 0.462. The second-order valence-electron chi connectivity index (χ2n) is 10.1. The molecule has 0 bridgehead atoms. The van der Waals surface area contributed by atoms with E-state index < -0.39 is 27.0 Å². The van der Waals surface area contributed by atoms with Gasteiger partial charge >= 0.3 is 6.09 Å². The van der Waals surface area contributed by atoms with Gasteiger partial charge in [0.1, 0.15) is 5.60 Å². The van der Waals surface area contributed by atoms with Crippen molar-refractivity contribution in [1.29, 1.82) is 0 Å². The molecule has 0 spiro atoms. The van der Waals surface area contributed by atoms with Gasteiger partial charge in [-0.2, -0.15) is 0 Å². The van der Waals surface area contributed by atoms with Crippen LogP contribution in [0.1, 0.15) is 75.7 Å². The highest BCUT2D eigenvalue weighted by Crippen LogP contribution is 2.35. The molecular weight excluding hydrogens is 466 g/mol. The number of benzene rings is 2. The van der Waals surface area contributed by atoms with Crippen molar-refractivity contribution in [3.8, 4) is 0 Å². The summed E-state index contributed by atoms with van der Waals surface area (Å²) in [6, 6.07) is 14.0. The summed E-state index contributed by atoms with van der Waals surface area (Å²) in [4.78, 5) is 24.5. The van der Waals surface area contributed by atoms with Crippen molar-refractivity contribution in [3.63, 3.8) is 0 Å². The van der Waals surface area contributed by atoms with Gasteiger partial charge in [0, 0.05) is 28.9 Å². The standard InChI is InChI=1S/C26H35N3O5S/c1-17(2)35(32,33)29-23-8-6-7-22(23)18-9-13-20(14-10-18)27-24(30)19-11-15-21(16-12-19)28-25(31)34-26(3,4)5/h9-17,22-23,29H,6-8H2,1-5H3,(H,27,30)(H,28,31)/t22-,23-/m0/s1. The third-order valence-electron chi connectivity index (χ3n) is 5.84. The maximum absolute atomic E-state index is 12.6. The Bertz CT molecular complexity index is 1140. The van der Waals surface area contributed by atoms with Gasteiger partial charge in [-0.1, -0.05) is 18.6 Å². The van der Waals surface area contributed by atoms with Gasteiger partial charge in [0.05, 0.1) is 5.25 Å². The van der Waals surface area contributed by atoms with Gasteiger partial charge < -0.3 is 10.1 Å². The van der Waals surface area contributed by atoms with E-state index in [9.17, 15) is 18.0 Å². The Morgan fingerprint density at radius 3 is 2.06 bits per heavy atom. The molecule has 1 saturated carbocycles. The highest BCUT2D eigenvalue weighted by Gasteiger charge is 2.32. The summed E-state index contributed by atoms with van der Waals surface area (Å²) in [7, 11) is -3.33. The zero-order valence-corrected chi connectivity index (χ0v) is 21.7. The maximum Gasteiger partial charge on any atom is 0.412 e. The fourth-order valence-corrected chi connectivity index (χ4v) is 4.97. The van der Waals surface area contributed by atoms with Crippen LogP contribution in [0.25, 0.3) is 0 Å². The van der Waals surface area contributed by atoms with Gasteiger partial charge in [0.15, 0.2) is 0 Å². The first-order valence-corrected chi connectivity index (χ1v) is 13.4. The third-order valence-corrected chi connectivity index (χ3v) is 7.71. The van der Waals surface area contributed by atoms with E-state index in [4.69, 9.17) is 4.74 Å². The van der Waals surface area contributed by atoms with Crippen LogP contribution in [0.4, 0.5) is 16.2 Å². The molecule has 3 N–H and O–H groups in total. The fourth-order valence-electron chi connectivity index (χ4n) is 3.99. The lowest BCUT2D eigenvalue weighted by Crippen LogP contribution is -2.40. The lowest BCUT2D eigenvalue weighted by atomic mass is 9.94. The molecule has 190 valence electrons. The van der Waals surface area contributed by atoms with Crippen LogP contribution in [-0.4, -0.2) is 37.3 Å². The molecule has 1 aliphatic rings. The van der Waals surface area contributed by atoms with Crippen LogP contribution in [0.15, 0.2) is 48.5 Å². The van der Waals surface area contributed by atoms with Crippen LogP contribution in [-0.2, 0) is 14.8 Å². The summed E-state index contributed by atoms with van der Waals surface area (Å²) in [5, 5.41) is 5.04. The number of carbonyl (C=O) groups is 2. The summed E-state index contributed by atoms with van der Waals surface area (Å²) in [6.07, 6.45) is 2.14. The van der Waals surface area contributed by atoms with Crippen molar-refractivity contribution < 1.29 is 22.7 Å². The van der Waals surface area contributed by atoms with Crippen molar-refractivity contribution in [2.45, 2.75) is 76.7 Å². The van der Waals surface area contributed by atoms with E-state index in [2.05, 4.69) is 15.4 Å². The van der Waals surface area contributed by atoms with Gasteiger partial charge in [-0.05, 0) is 89.4 Å². The predicted octanol–water partition coefficient (Wildman–Crippen LogP) is 5.25. The molecule has 2 aromatic carbocycles. The second-order valence-corrected chi connectivity index (χ2v) is 12.4. The molecular formula is C26H35N3O5S. The summed E-state index contributed by atoms with van der Waals surface area (Å²) in [5.41, 5.74) is 2.07. The molecule has 0 saturated heterocycles. The number of anilines is 2. The first kappa shape index (κ1) is 26.7. The molecule has 8 nitrogen and oxygen atoms in total. The lowest BCUT2D eigenvalue weighted by molar-refractivity contribution is 0.0635. The first-order valence-electron chi connectivity index (χ1n) is 11.9. The molecule has 0 heterocycles. The van der Waals surface area contributed by atoms with Crippen molar-refractivity contribution in [3.05, 3.63) is 59.7 Å². The zero-order valence-electron chi connectivity index (χ0n) is 20.9. The van der Waals surface area contributed by atoms with Gasteiger partial charge in [0.25, 0.3) is 5.91 Å². The van der Waals surface area contributed by atoms with Crippen LogP contribution in [0.5, 0.6) is 0 Å². The minimum atomic E-state index is -3.33. The highest BCUT2D eigenvalue weighted by molar-refractivity contribution is 7.90. The van der Waals surface area contributed by atoms with Gasteiger partial charge in [-0.15, -0.1) is 0 Å². The Hall–Kier alpha value is -2.91. The number of nitrogens with one attached hydrogen (secondary N) is 3. The number of ether oxygens (including phenoxy) is 1. The molecule has 1 fully saturated rings. The second kappa shape index (κ2) is 10.8. The molecule has 9 heteroatoms. The Morgan fingerprint density at radius 1 is 0.914 bits per heavy atom. The van der Waals surface area contributed by atoms with Crippen LogP contribution < -0.4 is 15.4 Å². The molecule has 0 unspecified atom stereocenters. The minimum absolute atomic E-state index is 0.110. The molecule has 0 aliphatic heterocycles. The third kappa shape index (κ3) is 7.53. The maximum atomic E-state index is 12.6. The zero-order chi connectivity index (χ0) is 25.8. The predicted molar refractivity (Wildman–Crippen MR) is 138 cm³/mol. The van der Waals surface area contributed by atoms with Crippen molar-refractivity contribution >= 4 is 33.4 Å². The van der Waals surface area contributed by atoms with Crippen LogP contribution in [0.2, 0.25) is 0 Å². The van der Waals surface area contributed by atoms with Crippen molar-refractivity contribution in [2.24, 2.45) is 0 Å². The largest absolute Gasteiger partial charge is 0.444 e. The average molecular weight is 502 g/mol. The Labute approximate surface area is 207 Å². The van der Waals surface area contributed by atoms with Crippen molar-refractivity contribution in [1.82, 2.24) is 4.72 Å². The molecule has 2 atom stereocenters. The van der Waals surface area contributed by atoms with Crippen molar-refractivity contribution in [2.75, 3.05) is 10.6 Å². The topological polar surface area (TPSA) is 114 Å². The van der Waals surface area contributed by atoms with Crippen LogP contribution in [0, 0.1) is 0 Å². The number of amides is 2.